The lowest BCUT2D eigenvalue weighted by atomic mass is 9.69. The van der Waals surface area contributed by atoms with Crippen LogP contribution in [0.5, 0.6) is 17.2 Å². The molecule has 198 valence electrons. The minimum absolute atomic E-state index is 0.0152. The number of rotatable bonds is 5. The molecule has 2 aromatic rings. The Morgan fingerprint density at radius 3 is 2.47 bits per heavy atom. The second kappa shape index (κ2) is 10.1. The first-order valence-electron chi connectivity index (χ1n) is 13.2. The molecule has 38 heavy (non-hydrogen) atoms. The zero-order valence-electron chi connectivity index (χ0n) is 21.5. The van der Waals surface area contributed by atoms with Crippen molar-refractivity contribution in [3.8, 4) is 17.2 Å². The average molecular weight is 536 g/mol. The maximum Gasteiger partial charge on any atom is 0.315 e. The standard InChI is InChI=1S/C30H30ClNO6/c1-16-27(30(34)38-20-5-3-4-6-20)28(21-13-25-26(14-22(21)31)37-15-36-25)29-23(32-16)11-18(12-24(29)33)17-7-9-19(35-2)10-8-17/h7-10,13-14,18,20,27-28H,3-6,11-12,15H2,1-2H3/t18-,27?,28-/m1/s1. The Kier molecular flexibility index (Phi) is 6.64. The molecule has 0 radical (unpaired) electrons. The second-order valence-corrected chi connectivity index (χ2v) is 10.8. The van der Waals surface area contributed by atoms with Gasteiger partial charge in [-0.25, -0.2) is 0 Å². The number of benzene rings is 2. The first-order chi connectivity index (χ1) is 18.4. The number of aliphatic imine (C=N–C) groups is 1. The molecule has 3 atom stereocenters. The Morgan fingerprint density at radius 2 is 1.76 bits per heavy atom. The molecule has 1 saturated carbocycles. The normalized spacial score (nSPS) is 24.8. The molecule has 0 N–H and O–H groups in total. The molecule has 2 aromatic carbocycles. The number of methoxy groups -OCH3 is 1. The van der Waals surface area contributed by atoms with Gasteiger partial charge in [-0.1, -0.05) is 23.7 Å². The van der Waals surface area contributed by atoms with E-state index < -0.39 is 11.8 Å². The molecule has 2 aliphatic carbocycles. The highest BCUT2D eigenvalue weighted by molar-refractivity contribution is 6.32. The smallest absolute Gasteiger partial charge is 0.315 e. The van der Waals surface area contributed by atoms with Gasteiger partial charge in [0.1, 0.15) is 17.8 Å². The maximum atomic E-state index is 13.9. The van der Waals surface area contributed by atoms with Crippen molar-refractivity contribution in [1.82, 2.24) is 0 Å². The van der Waals surface area contributed by atoms with Gasteiger partial charge in [0.2, 0.25) is 6.79 Å². The number of carbonyl (C=O) groups is 2. The van der Waals surface area contributed by atoms with E-state index in [0.29, 0.717) is 51.9 Å². The van der Waals surface area contributed by atoms with E-state index in [-0.39, 0.29) is 30.6 Å². The van der Waals surface area contributed by atoms with Gasteiger partial charge in [-0.3, -0.25) is 14.6 Å². The third kappa shape index (κ3) is 4.47. The molecule has 6 rings (SSSR count). The summed E-state index contributed by atoms with van der Waals surface area (Å²) in [6.45, 7) is 1.95. The van der Waals surface area contributed by atoms with Crippen LogP contribution in [0.15, 0.2) is 52.7 Å². The van der Waals surface area contributed by atoms with Gasteiger partial charge in [-0.2, -0.15) is 0 Å². The molecule has 7 nitrogen and oxygen atoms in total. The summed E-state index contributed by atoms with van der Waals surface area (Å²) in [4.78, 5) is 32.4. The summed E-state index contributed by atoms with van der Waals surface area (Å²) in [5, 5.41) is 0.421. The third-order valence-corrected chi connectivity index (χ3v) is 8.47. The van der Waals surface area contributed by atoms with Crippen LogP contribution in [0, 0.1) is 5.92 Å². The molecule has 2 heterocycles. The predicted molar refractivity (Wildman–Crippen MR) is 142 cm³/mol. The summed E-state index contributed by atoms with van der Waals surface area (Å²) in [6.07, 6.45) is 4.64. The molecule has 1 fully saturated rings. The summed E-state index contributed by atoms with van der Waals surface area (Å²) in [5.74, 6) is 0.121. The fourth-order valence-corrected chi connectivity index (χ4v) is 6.50. The number of hydrogen-bond donors (Lipinski definition) is 0. The lowest BCUT2D eigenvalue weighted by Crippen LogP contribution is -2.39. The van der Waals surface area contributed by atoms with Gasteiger partial charge in [-0.15, -0.1) is 0 Å². The van der Waals surface area contributed by atoms with Crippen molar-refractivity contribution < 1.29 is 28.5 Å². The minimum Gasteiger partial charge on any atom is -0.497 e. The maximum absolute atomic E-state index is 13.9. The highest BCUT2D eigenvalue weighted by Crippen LogP contribution is 2.50. The Hall–Kier alpha value is -3.32. The van der Waals surface area contributed by atoms with E-state index in [1.54, 1.807) is 19.2 Å². The van der Waals surface area contributed by atoms with Crippen molar-refractivity contribution >= 4 is 29.1 Å². The lowest BCUT2D eigenvalue weighted by Gasteiger charge is -2.37. The third-order valence-electron chi connectivity index (χ3n) is 8.14. The highest BCUT2D eigenvalue weighted by Gasteiger charge is 2.46. The SMILES string of the molecule is COc1ccc([C@H]2CC(=O)C3=C(C2)N=C(C)C(C(=O)OC2CCCC2)[C@H]3c2cc3c(cc2Cl)OCO3)cc1. The van der Waals surface area contributed by atoms with Crippen LogP contribution in [0.1, 0.15) is 68.4 Å². The number of halogens is 1. The van der Waals surface area contributed by atoms with E-state index in [2.05, 4.69) is 0 Å². The van der Waals surface area contributed by atoms with Crippen molar-refractivity contribution in [2.24, 2.45) is 10.9 Å². The van der Waals surface area contributed by atoms with Crippen LogP contribution < -0.4 is 14.2 Å². The first-order valence-corrected chi connectivity index (χ1v) is 13.6. The van der Waals surface area contributed by atoms with Crippen molar-refractivity contribution in [3.63, 3.8) is 0 Å². The van der Waals surface area contributed by atoms with Crippen LogP contribution in [0.4, 0.5) is 0 Å². The Bertz CT molecular complexity index is 1340. The molecule has 8 heteroatoms. The van der Waals surface area contributed by atoms with Gasteiger partial charge in [0.05, 0.1) is 7.11 Å². The number of nitrogens with zero attached hydrogens (tertiary/aromatic N) is 1. The molecule has 0 amide bonds. The number of fused-ring (bicyclic) bond motifs is 1. The summed E-state index contributed by atoms with van der Waals surface area (Å²) < 4.78 is 22.4. The van der Waals surface area contributed by atoms with Gasteiger partial charge >= 0.3 is 5.97 Å². The molecule has 0 bridgehead atoms. The van der Waals surface area contributed by atoms with Crippen molar-refractivity contribution in [2.45, 2.75) is 63.4 Å². The van der Waals surface area contributed by atoms with Crippen LogP contribution in [0.25, 0.3) is 0 Å². The van der Waals surface area contributed by atoms with Crippen LogP contribution in [0.3, 0.4) is 0 Å². The van der Waals surface area contributed by atoms with Gasteiger partial charge in [0, 0.05) is 40.4 Å². The highest BCUT2D eigenvalue weighted by atomic mass is 35.5. The Labute approximate surface area is 226 Å². The zero-order chi connectivity index (χ0) is 26.4. The minimum atomic E-state index is -0.742. The molecule has 4 aliphatic rings. The van der Waals surface area contributed by atoms with Crippen LogP contribution >= 0.6 is 11.6 Å². The number of carbonyl (C=O) groups excluding carboxylic acids is 2. The Morgan fingerprint density at radius 1 is 1.05 bits per heavy atom. The van der Waals surface area contributed by atoms with Gasteiger partial charge in [0.25, 0.3) is 0 Å². The van der Waals surface area contributed by atoms with Crippen molar-refractivity contribution in [3.05, 3.63) is 63.8 Å². The molecule has 1 unspecified atom stereocenters. The average Bonchev–Trinajstić information content (AvgIpc) is 3.59. The number of ketones is 1. The summed E-state index contributed by atoms with van der Waals surface area (Å²) in [5.41, 5.74) is 3.60. The fraction of sp³-hybridized carbons (Fsp3) is 0.433. The van der Waals surface area contributed by atoms with Gasteiger partial charge < -0.3 is 18.9 Å². The van der Waals surface area contributed by atoms with Crippen LogP contribution in [-0.4, -0.2) is 37.5 Å². The summed E-state index contributed by atoms with van der Waals surface area (Å²) in [6, 6.07) is 11.3. The number of Topliss-reactive ketones (excluding diaryl/α,β-unsaturated/α-hetero) is 1. The number of allylic oxidation sites excluding steroid dienone is 2. The molecule has 0 saturated heterocycles. The van der Waals surface area contributed by atoms with Crippen molar-refractivity contribution in [1.29, 1.82) is 0 Å². The van der Waals surface area contributed by atoms with E-state index in [1.165, 1.54) is 0 Å². The number of hydrogen-bond acceptors (Lipinski definition) is 7. The Balaban J connectivity index is 1.41. The number of ether oxygens (including phenoxy) is 4. The van der Waals surface area contributed by atoms with Gasteiger partial charge in [-0.05, 0) is 74.3 Å². The van der Waals surface area contributed by atoms with Crippen molar-refractivity contribution in [2.75, 3.05) is 13.9 Å². The first kappa shape index (κ1) is 25.0. The summed E-state index contributed by atoms with van der Waals surface area (Å²) in [7, 11) is 1.63. The molecule has 0 spiro atoms. The van der Waals surface area contributed by atoms with E-state index in [0.717, 1.165) is 37.0 Å². The fourth-order valence-electron chi connectivity index (χ4n) is 6.23. The van der Waals surface area contributed by atoms with Crippen LogP contribution in [-0.2, 0) is 14.3 Å². The van der Waals surface area contributed by atoms with Crippen LogP contribution in [0.2, 0.25) is 5.02 Å². The second-order valence-electron chi connectivity index (χ2n) is 10.4. The van der Waals surface area contributed by atoms with E-state index in [4.69, 9.17) is 35.5 Å². The largest absolute Gasteiger partial charge is 0.497 e. The topological polar surface area (TPSA) is 83.4 Å². The molecule has 2 aliphatic heterocycles. The van der Waals surface area contributed by atoms with E-state index >= 15 is 0 Å². The van der Waals surface area contributed by atoms with E-state index in [1.807, 2.05) is 31.2 Å². The predicted octanol–water partition coefficient (Wildman–Crippen LogP) is 6.14. The number of esters is 1. The molecular weight excluding hydrogens is 506 g/mol. The zero-order valence-corrected chi connectivity index (χ0v) is 22.3. The quantitative estimate of drug-likeness (QED) is 0.428. The molecular formula is C30H30ClNO6. The van der Waals surface area contributed by atoms with Gasteiger partial charge in [0.15, 0.2) is 17.3 Å². The lowest BCUT2D eigenvalue weighted by molar-refractivity contribution is -0.151. The van der Waals surface area contributed by atoms with E-state index in [9.17, 15) is 9.59 Å². The molecule has 0 aromatic heterocycles. The monoisotopic (exact) mass is 535 g/mol. The summed E-state index contributed by atoms with van der Waals surface area (Å²) >= 11 is 6.79.